The Labute approximate surface area is 94.0 Å². The van der Waals surface area contributed by atoms with Crippen LogP contribution in [0.25, 0.3) is 0 Å². The summed E-state index contributed by atoms with van der Waals surface area (Å²) < 4.78 is 0. The van der Waals surface area contributed by atoms with Crippen molar-refractivity contribution in [2.45, 2.75) is 57.8 Å². The fraction of sp³-hybridized carbons (Fsp3) is 0.923. The van der Waals surface area contributed by atoms with E-state index in [0.717, 1.165) is 6.42 Å². The van der Waals surface area contributed by atoms with Crippen LogP contribution in [0, 0.1) is 0 Å². The monoisotopic (exact) mass is 210 g/mol. The maximum absolute atomic E-state index is 9.97. The van der Waals surface area contributed by atoms with Crippen LogP contribution >= 0.6 is 0 Å². The molecule has 87 valence electrons. The molecule has 0 N–H and O–H groups in total. The fourth-order valence-electron chi connectivity index (χ4n) is 2.25. The minimum atomic E-state index is 0.631. The molecule has 1 heterocycles. The van der Waals surface area contributed by atoms with Gasteiger partial charge in [-0.2, -0.15) is 0 Å². The number of carbonyl (C=O) groups excluding carboxylic acids is 1. The molecular formula is C13H24NO. The second-order valence-electron chi connectivity index (χ2n) is 4.56. The number of hydrogen-bond donors (Lipinski definition) is 0. The molecule has 0 aromatic rings. The summed E-state index contributed by atoms with van der Waals surface area (Å²) in [4.78, 5) is 12.6. The zero-order chi connectivity index (χ0) is 10.8. The predicted molar refractivity (Wildman–Crippen MR) is 63.7 cm³/mol. The van der Waals surface area contributed by atoms with E-state index in [1.54, 1.807) is 0 Å². The van der Waals surface area contributed by atoms with E-state index in [4.69, 9.17) is 0 Å². The highest BCUT2D eigenvalue weighted by Crippen LogP contribution is 2.11. The molecule has 0 unspecified atom stereocenters. The highest BCUT2D eigenvalue weighted by atomic mass is 16.1. The zero-order valence-corrected chi connectivity index (χ0v) is 9.84. The lowest BCUT2D eigenvalue weighted by atomic mass is 10.1. The molecule has 0 aromatic carbocycles. The first kappa shape index (κ1) is 12.7. The van der Waals surface area contributed by atoms with Gasteiger partial charge < -0.3 is 4.90 Å². The third kappa shape index (κ3) is 6.67. The number of unbranched alkanes of at least 4 members (excludes halogenated alkanes) is 5. The lowest BCUT2D eigenvalue weighted by molar-refractivity contribution is 0.224. The van der Waals surface area contributed by atoms with E-state index in [9.17, 15) is 4.79 Å². The topological polar surface area (TPSA) is 20.3 Å². The highest BCUT2D eigenvalue weighted by molar-refractivity contribution is 5.50. The van der Waals surface area contributed by atoms with Crippen molar-refractivity contribution in [2.24, 2.45) is 0 Å². The molecule has 2 heteroatoms. The van der Waals surface area contributed by atoms with Gasteiger partial charge >= 0.3 is 0 Å². The molecule has 1 radical (unpaired) electrons. The van der Waals surface area contributed by atoms with Crippen molar-refractivity contribution in [1.29, 1.82) is 0 Å². The van der Waals surface area contributed by atoms with E-state index in [2.05, 4.69) is 4.90 Å². The van der Waals surface area contributed by atoms with Gasteiger partial charge in [0.15, 0.2) is 6.29 Å². The van der Waals surface area contributed by atoms with Crippen LogP contribution in [0.15, 0.2) is 0 Å². The summed E-state index contributed by atoms with van der Waals surface area (Å²) in [6.07, 6.45) is 13.0. The van der Waals surface area contributed by atoms with Crippen LogP contribution in [0.2, 0.25) is 0 Å². The Morgan fingerprint density at radius 3 is 2.27 bits per heavy atom. The normalized spacial score (nSPS) is 17.9. The predicted octanol–water partition coefficient (Wildman–Crippen LogP) is 2.92. The van der Waals surface area contributed by atoms with Crippen molar-refractivity contribution in [3.63, 3.8) is 0 Å². The second-order valence-corrected chi connectivity index (χ2v) is 4.56. The molecule has 15 heavy (non-hydrogen) atoms. The van der Waals surface area contributed by atoms with E-state index in [0.29, 0.717) is 6.42 Å². The number of piperidine rings is 1. The van der Waals surface area contributed by atoms with Gasteiger partial charge in [0.1, 0.15) is 0 Å². The van der Waals surface area contributed by atoms with E-state index in [1.165, 1.54) is 64.6 Å². The summed E-state index contributed by atoms with van der Waals surface area (Å²) in [5, 5.41) is 0. The van der Waals surface area contributed by atoms with Crippen molar-refractivity contribution in [2.75, 3.05) is 19.6 Å². The molecule has 0 amide bonds. The molecule has 1 aliphatic heterocycles. The molecule has 0 saturated carbocycles. The fourth-order valence-corrected chi connectivity index (χ4v) is 2.25. The zero-order valence-electron chi connectivity index (χ0n) is 9.84. The van der Waals surface area contributed by atoms with Gasteiger partial charge in [0.25, 0.3) is 0 Å². The summed E-state index contributed by atoms with van der Waals surface area (Å²) >= 11 is 0. The van der Waals surface area contributed by atoms with Crippen molar-refractivity contribution in [3.8, 4) is 0 Å². The summed E-state index contributed by atoms with van der Waals surface area (Å²) in [6, 6.07) is 0. The number of nitrogens with zero attached hydrogens (tertiary/aromatic N) is 1. The van der Waals surface area contributed by atoms with Crippen LogP contribution in [-0.2, 0) is 4.79 Å². The van der Waals surface area contributed by atoms with Gasteiger partial charge in [0.2, 0.25) is 0 Å². The molecule has 1 rings (SSSR count). The lowest BCUT2D eigenvalue weighted by Gasteiger charge is -2.26. The first-order valence-corrected chi connectivity index (χ1v) is 6.51. The molecular weight excluding hydrogens is 186 g/mol. The van der Waals surface area contributed by atoms with Gasteiger partial charge in [0.05, 0.1) is 0 Å². The van der Waals surface area contributed by atoms with Crippen LogP contribution in [-0.4, -0.2) is 30.8 Å². The van der Waals surface area contributed by atoms with Crippen LogP contribution in [0.4, 0.5) is 0 Å². The molecule has 0 spiro atoms. The Kier molecular flexibility index (Phi) is 7.53. The summed E-state index contributed by atoms with van der Waals surface area (Å²) in [7, 11) is 0. The van der Waals surface area contributed by atoms with Crippen LogP contribution in [0.3, 0.4) is 0 Å². The van der Waals surface area contributed by atoms with Crippen molar-refractivity contribution < 1.29 is 4.79 Å². The van der Waals surface area contributed by atoms with Gasteiger partial charge in [0, 0.05) is 6.42 Å². The molecule has 0 bridgehead atoms. The minimum absolute atomic E-state index is 0.631. The van der Waals surface area contributed by atoms with Crippen LogP contribution < -0.4 is 0 Å². The quantitative estimate of drug-likeness (QED) is 0.574. The van der Waals surface area contributed by atoms with Gasteiger partial charge in [-0.3, -0.25) is 4.79 Å². The SMILES string of the molecule is O=[C]CCCCCCCN1CCCCC1. The molecule has 0 atom stereocenters. The summed E-state index contributed by atoms with van der Waals surface area (Å²) in [6.45, 7) is 3.93. The van der Waals surface area contributed by atoms with Crippen LogP contribution in [0.5, 0.6) is 0 Å². The van der Waals surface area contributed by atoms with E-state index >= 15 is 0 Å². The lowest BCUT2D eigenvalue weighted by Crippen LogP contribution is -2.30. The molecule has 0 aromatic heterocycles. The number of rotatable bonds is 8. The first-order valence-electron chi connectivity index (χ1n) is 6.51. The van der Waals surface area contributed by atoms with Gasteiger partial charge in [-0.05, 0) is 45.3 Å². The average Bonchev–Trinajstić information content (AvgIpc) is 2.29. The maximum Gasteiger partial charge on any atom is 0.198 e. The van der Waals surface area contributed by atoms with Crippen molar-refractivity contribution in [1.82, 2.24) is 4.90 Å². The third-order valence-electron chi connectivity index (χ3n) is 3.20. The Balaban J connectivity index is 1.81. The Hall–Kier alpha value is -0.370. The van der Waals surface area contributed by atoms with E-state index in [1.807, 2.05) is 6.29 Å². The molecule has 2 nitrogen and oxygen atoms in total. The Morgan fingerprint density at radius 2 is 1.53 bits per heavy atom. The first-order chi connectivity index (χ1) is 7.43. The van der Waals surface area contributed by atoms with Crippen LogP contribution in [0.1, 0.15) is 57.8 Å². The van der Waals surface area contributed by atoms with E-state index < -0.39 is 0 Å². The maximum atomic E-state index is 9.97. The number of hydrogen-bond acceptors (Lipinski definition) is 2. The second kappa shape index (κ2) is 8.90. The van der Waals surface area contributed by atoms with Gasteiger partial charge in [-0.15, -0.1) is 0 Å². The van der Waals surface area contributed by atoms with Crippen molar-refractivity contribution >= 4 is 6.29 Å². The van der Waals surface area contributed by atoms with Gasteiger partial charge in [-0.25, -0.2) is 0 Å². The highest BCUT2D eigenvalue weighted by Gasteiger charge is 2.08. The Bertz CT molecular complexity index is 153. The largest absolute Gasteiger partial charge is 0.303 e. The van der Waals surface area contributed by atoms with Gasteiger partial charge in [-0.1, -0.05) is 25.7 Å². The smallest absolute Gasteiger partial charge is 0.198 e. The number of likely N-dealkylation sites (tertiary alicyclic amines) is 1. The summed E-state index contributed by atoms with van der Waals surface area (Å²) in [5.74, 6) is 0. The molecule has 1 saturated heterocycles. The molecule has 0 aliphatic carbocycles. The standard InChI is InChI=1S/C13H24NO/c15-13-9-4-2-1-3-6-10-14-11-7-5-8-12-14/h1-12H2. The average molecular weight is 210 g/mol. The molecule has 1 aliphatic rings. The minimum Gasteiger partial charge on any atom is -0.303 e. The summed E-state index contributed by atoms with van der Waals surface area (Å²) in [5.41, 5.74) is 0. The Morgan fingerprint density at radius 1 is 0.867 bits per heavy atom. The van der Waals surface area contributed by atoms with E-state index in [-0.39, 0.29) is 0 Å². The van der Waals surface area contributed by atoms with Crippen molar-refractivity contribution in [3.05, 3.63) is 0 Å². The third-order valence-corrected chi connectivity index (χ3v) is 3.20. The molecule has 1 fully saturated rings.